The molecular weight excluding hydrogens is 526 g/mol. The lowest BCUT2D eigenvalue weighted by Gasteiger charge is -2.45. The molecule has 3 fully saturated rings. The molecule has 216 valence electrons. The highest BCUT2D eigenvalue weighted by molar-refractivity contribution is 5.99. The van der Waals surface area contributed by atoms with E-state index < -0.39 is 41.7 Å². The van der Waals surface area contributed by atoms with Crippen molar-refractivity contribution in [1.29, 1.82) is 0 Å². The summed E-state index contributed by atoms with van der Waals surface area (Å²) in [5.74, 6) is -4.20. The van der Waals surface area contributed by atoms with Gasteiger partial charge in [-0.1, -0.05) is 24.3 Å². The number of carbonyl (C=O) groups excluding carboxylic acids is 2. The number of halogens is 4. The SMILES string of the molecule is Cc1c(F)cccc1[C@H]1[C@@H](C(=O)c2cccc(O)c2)CN(CCC2CCN2)C[C@@H]1C(=O)N1CCC[C@H]1C(F)(F)F. The second-order valence-corrected chi connectivity index (χ2v) is 11.3. The lowest BCUT2D eigenvalue weighted by molar-refractivity contribution is -0.185. The molecule has 0 spiro atoms. The van der Waals surface area contributed by atoms with E-state index >= 15 is 0 Å². The molecule has 5 rings (SSSR count). The van der Waals surface area contributed by atoms with E-state index in [0.717, 1.165) is 24.3 Å². The number of alkyl halides is 3. The predicted molar refractivity (Wildman–Crippen MR) is 142 cm³/mol. The van der Waals surface area contributed by atoms with E-state index in [4.69, 9.17) is 0 Å². The average Bonchev–Trinajstić information content (AvgIpc) is 3.39. The van der Waals surface area contributed by atoms with Crippen LogP contribution in [0.4, 0.5) is 17.6 Å². The van der Waals surface area contributed by atoms with Gasteiger partial charge in [0.1, 0.15) is 17.6 Å². The van der Waals surface area contributed by atoms with E-state index in [2.05, 4.69) is 5.32 Å². The summed E-state index contributed by atoms with van der Waals surface area (Å²) in [6.07, 6.45) is -2.67. The topological polar surface area (TPSA) is 72.9 Å². The number of ketones is 1. The third-order valence-electron chi connectivity index (χ3n) is 8.86. The Balaban J connectivity index is 1.57. The number of hydrogen-bond acceptors (Lipinski definition) is 5. The van der Waals surface area contributed by atoms with Gasteiger partial charge >= 0.3 is 6.18 Å². The predicted octanol–water partition coefficient (Wildman–Crippen LogP) is 4.66. The fraction of sp³-hybridized carbons (Fsp3) is 0.533. The minimum atomic E-state index is -4.56. The van der Waals surface area contributed by atoms with Crippen molar-refractivity contribution in [2.75, 3.05) is 32.7 Å². The summed E-state index contributed by atoms with van der Waals surface area (Å²) in [4.78, 5) is 31.1. The van der Waals surface area contributed by atoms with Crippen LogP contribution >= 0.6 is 0 Å². The van der Waals surface area contributed by atoms with Crippen molar-refractivity contribution in [2.45, 2.75) is 56.8 Å². The van der Waals surface area contributed by atoms with Crippen molar-refractivity contribution < 1.29 is 32.3 Å². The zero-order chi connectivity index (χ0) is 28.6. The molecule has 40 heavy (non-hydrogen) atoms. The number of benzene rings is 2. The molecule has 10 heteroatoms. The normalized spacial score (nSPS) is 27.4. The summed E-state index contributed by atoms with van der Waals surface area (Å²) in [5, 5.41) is 13.4. The number of Topliss-reactive ketones (excluding diaryl/α,β-unsaturated/α-hetero) is 1. The van der Waals surface area contributed by atoms with E-state index in [1.807, 2.05) is 4.90 Å². The summed E-state index contributed by atoms with van der Waals surface area (Å²) in [5.41, 5.74) is 0.979. The molecule has 0 aromatic heterocycles. The van der Waals surface area contributed by atoms with Gasteiger partial charge in [-0.3, -0.25) is 9.59 Å². The maximum Gasteiger partial charge on any atom is 0.408 e. The van der Waals surface area contributed by atoms with Crippen LogP contribution < -0.4 is 5.32 Å². The van der Waals surface area contributed by atoms with Gasteiger partial charge in [0.05, 0.1) is 5.92 Å². The van der Waals surface area contributed by atoms with E-state index in [9.17, 15) is 32.3 Å². The summed E-state index contributed by atoms with van der Waals surface area (Å²) in [6, 6.07) is 8.86. The molecule has 0 aliphatic carbocycles. The first-order chi connectivity index (χ1) is 19.0. The van der Waals surface area contributed by atoms with Crippen LogP contribution in [-0.2, 0) is 4.79 Å². The molecule has 0 bridgehead atoms. The standard InChI is InChI=1S/C30H35F4N3O3/c1-18-22(7-3-8-25(18)31)27-23(28(39)19-5-2-6-21(38)15-19)16-36(14-11-20-10-12-35-20)17-24(27)29(40)37-13-4-9-26(37)30(32,33)34/h2-3,5-8,15,20,23-24,26-27,35,38H,4,9-14,16-17H2,1H3/t20?,23-,24-,26-,27-/m0/s1. The van der Waals surface area contributed by atoms with Crippen molar-refractivity contribution in [2.24, 2.45) is 11.8 Å². The number of hydrogen-bond donors (Lipinski definition) is 2. The molecule has 3 saturated heterocycles. The first kappa shape index (κ1) is 28.5. The molecule has 0 radical (unpaired) electrons. The second kappa shape index (κ2) is 11.5. The quantitative estimate of drug-likeness (QED) is 0.380. The second-order valence-electron chi connectivity index (χ2n) is 11.3. The number of rotatable bonds is 7. The van der Waals surface area contributed by atoms with Gasteiger partial charge in [-0.2, -0.15) is 13.2 Å². The maximum absolute atomic E-state index is 14.8. The van der Waals surface area contributed by atoms with Crippen LogP contribution in [0.15, 0.2) is 42.5 Å². The third-order valence-corrected chi connectivity index (χ3v) is 8.86. The van der Waals surface area contributed by atoms with Gasteiger partial charge in [-0.15, -0.1) is 0 Å². The molecule has 1 amide bonds. The van der Waals surface area contributed by atoms with Crippen molar-refractivity contribution >= 4 is 11.7 Å². The highest BCUT2D eigenvalue weighted by atomic mass is 19.4. The van der Waals surface area contributed by atoms with E-state index in [1.54, 1.807) is 25.1 Å². The third kappa shape index (κ3) is 5.74. The molecule has 3 aliphatic heterocycles. The average molecular weight is 562 g/mol. The van der Waals surface area contributed by atoms with Crippen LogP contribution in [-0.4, -0.2) is 77.6 Å². The first-order valence-electron chi connectivity index (χ1n) is 14.0. The molecule has 6 nitrogen and oxygen atoms in total. The Hall–Kier alpha value is -2.98. The highest BCUT2D eigenvalue weighted by Gasteiger charge is 2.52. The molecule has 5 atom stereocenters. The molecule has 3 aliphatic rings. The minimum absolute atomic E-state index is 0.00840. The number of nitrogens with one attached hydrogen (secondary N) is 1. The molecule has 3 heterocycles. The Morgan fingerprint density at radius 1 is 1.07 bits per heavy atom. The van der Waals surface area contributed by atoms with Crippen molar-refractivity contribution in [3.05, 3.63) is 65.0 Å². The first-order valence-corrected chi connectivity index (χ1v) is 14.0. The summed E-state index contributed by atoms with van der Waals surface area (Å²) in [6.45, 7) is 3.52. The fourth-order valence-corrected chi connectivity index (χ4v) is 6.61. The summed E-state index contributed by atoms with van der Waals surface area (Å²) < 4.78 is 56.6. The van der Waals surface area contributed by atoms with Crippen LogP contribution in [0, 0.1) is 24.6 Å². The minimum Gasteiger partial charge on any atom is -0.508 e. The van der Waals surface area contributed by atoms with E-state index in [0.29, 0.717) is 18.2 Å². The lowest BCUT2D eigenvalue weighted by atomic mass is 9.69. The van der Waals surface area contributed by atoms with Gasteiger partial charge in [0.25, 0.3) is 0 Å². The summed E-state index contributed by atoms with van der Waals surface area (Å²) >= 11 is 0. The number of nitrogens with zero attached hydrogens (tertiary/aromatic N) is 2. The summed E-state index contributed by atoms with van der Waals surface area (Å²) in [7, 11) is 0. The molecule has 2 N–H and O–H groups in total. The highest BCUT2D eigenvalue weighted by Crippen LogP contribution is 2.44. The number of aromatic hydroxyl groups is 1. The lowest BCUT2D eigenvalue weighted by Crippen LogP contribution is -2.56. The molecule has 2 aromatic rings. The van der Waals surface area contributed by atoms with Crippen LogP contribution in [0.25, 0.3) is 0 Å². The van der Waals surface area contributed by atoms with Crippen LogP contribution in [0.5, 0.6) is 5.75 Å². The molecule has 1 unspecified atom stereocenters. The number of piperidine rings is 1. The molecule has 2 aromatic carbocycles. The van der Waals surface area contributed by atoms with Crippen molar-refractivity contribution in [3.8, 4) is 5.75 Å². The number of amides is 1. The van der Waals surface area contributed by atoms with Crippen LogP contribution in [0.2, 0.25) is 0 Å². The van der Waals surface area contributed by atoms with Gasteiger partial charge in [0.15, 0.2) is 5.78 Å². The Bertz CT molecular complexity index is 1250. The van der Waals surface area contributed by atoms with Gasteiger partial charge in [0, 0.05) is 43.1 Å². The number of likely N-dealkylation sites (tertiary alicyclic amines) is 2. The molecule has 0 saturated carbocycles. The number of carbonyl (C=O) groups is 2. The molecular formula is C30H35F4N3O3. The van der Waals surface area contributed by atoms with Crippen LogP contribution in [0.1, 0.15) is 53.1 Å². The monoisotopic (exact) mass is 561 g/mol. The zero-order valence-corrected chi connectivity index (χ0v) is 22.5. The van der Waals surface area contributed by atoms with E-state index in [-0.39, 0.29) is 55.1 Å². The fourth-order valence-electron chi connectivity index (χ4n) is 6.61. The van der Waals surface area contributed by atoms with Gasteiger partial charge in [0.2, 0.25) is 5.91 Å². The van der Waals surface area contributed by atoms with Crippen molar-refractivity contribution in [1.82, 2.24) is 15.1 Å². The Morgan fingerprint density at radius 3 is 2.48 bits per heavy atom. The smallest absolute Gasteiger partial charge is 0.408 e. The zero-order valence-electron chi connectivity index (χ0n) is 22.5. The Morgan fingerprint density at radius 2 is 1.80 bits per heavy atom. The van der Waals surface area contributed by atoms with Gasteiger partial charge in [-0.05, 0) is 75.0 Å². The van der Waals surface area contributed by atoms with Gasteiger partial charge in [-0.25, -0.2) is 4.39 Å². The van der Waals surface area contributed by atoms with Gasteiger partial charge < -0.3 is 20.2 Å². The maximum atomic E-state index is 14.8. The van der Waals surface area contributed by atoms with E-state index in [1.165, 1.54) is 24.3 Å². The largest absolute Gasteiger partial charge is 0.508 e. The Kier molecular flexibility index (Phi) is 8.20. The number of phenolic OH excluding ortho intramolecular Hbond substituents is 1. The Labute approximate surface area is 231 Å². The number of phenols is 1. The van der Waals surface area contributed by atoms with Crippen molar-refractivity contribution in [3.63, 3.8) is 0 Å². The van der Waals surface area contributed by atoms with Crippen LogP contribution in [0.3, 0.4) is 0 Å².